The molecule has 1 N–H and O–H groups in total. The zero-order valence-corrected chi connectivity index (χ0v) is 14.6. The van der Waals surface area contributed by atoms with Crippen LogP contribution in [0.25, 0.3) is 0 Å². The van der Waals surface area contributed by atoms with Crippen molar-refractivity contribution in [2.75, 3.05) is 0 Å². The maximum absolute atomic E-state index is 11.6. The Morgan fingerprint density at radius 3 is 2.43 bits per heavy atom. The summed E-state index contributed by atoms with van der Waals surface area (Å²) in [5.74, 6) is -0.367. The molecular formula is C19H21ClO3. The van der Waals surface area contributed by atoms with Gasteiger partial charge >= 0.3 is 5.97 Å². The SMILES string of the molecule is Cc1cc(C)c(C)c(O[C@H](Cc2ccc(C)c(Cl)c2)C(=O)O)c1. The number of aryl methyl sites for hydroxylation is 3. The van der Waals surface area contributed by atoms with Gasteiger partial charge in [-0.15, -0.1) is 0 Å². The van der Waals surface area contributed by atoms with Gasteiger partial charge < -0.3 is 9.84 Å². The summed E-state index contributed by atoms with van der Waals surface area (Å²) in [5.41, 5.74) is 4.90. The first kappa shape index (κ1) is 17.4. The Balaban J connectivity index is 2.26. The summed E-state index contributed by atoms with van der Waals surface area (Å²) in [5, 5.41) is 10.1. The number of hydrogen-bond acceptors (Lipinski definition) is 2. The van der Waals surface area contributed by atoms with Crippen molar-refractivity contribution in [1.82, 2.24) is 0 Å². The van der Waals surface area contributed by atoms with E-state index in [1.165, 1.54) is 0 Å². The summed E-state index contributed by atoms with van der Waals surface area (Å²) in [6.45, 7) is 7.81. The molecule has 4 heteroatoms. The average molecular weight is 333 g/mol. The van der Waals surface area contributed by atoms with Gasteiger partial charge in [0.25, 0.3) is 0 Å². The van der Waals surface area contributed by atoms with Gasteiger partial charge in [0, 0.05) is 11.4 Å². The second kappa shape index (κ2) is 7.05. The van der Waals surface area contributed by atoms with Gasteiger partial charge in [0.1, 0.15) is 5.75 Å². The lowest BCUT2D eigenvalue weighted by atomic mass is 10.0. The van der Waals surface area contributed by atoms with Crippen LogP contribution in [-0.2, 0) is 11.2 Å². The Morgan fingerprint density at radius 2 is 1.83 bits per heavy atom. The minimum Gasteiger partial charge on any atom is -0.478 e. The number of halogens is 1. The number of benzene rings is 2. The molecule has 0 aromatic heterocycles. The Kier molecular flexibility index (Phi) is 5.32. The fourth-order valence-electron chi connectivity index (χ4n) is 2.43. The molecule has 2 aromatic carbocycles. The Labute approximate surface area is 141 Å². The predicted octanol–water partition coefficient (Wildman–Crippen LogP) is 4.65. The first-order valence-electron chi connectivity index (χ1n) is 7.50. The molecule has 0 aliphatic carbocycles. The molecule has 0 bridgehead atoms. The largest absolute Gasteiger partial charge is 0.478 e. The molecule has 0 saturated carbocycles. The van der Waals surface area contributed by atoms with E-state index in [1.54, 1.807) is 6.07 Å². The highest BCUT2D eigenvalue weighted by Gasteiger charge is 2.21. The van der Waals surface area contributed by atoms with Crippen LogP contribution in [0.2, 0.25) is 5.02 Å². The number of carbonyl (C=O) groups is 1. The molecule has 0 amide bonds. The summed E-state index contributed by atoms with van der Waals surface area (Å²) >= 11 is 6.12. The second-order valence-corrected chi connectivity index (χ2v) is 6.34. The van der Waals surface area contributed by atoms with E-state index in [0.29, 0.717) is 10.8 Å². The molecule has 0 spiro atoms. The first-order chi connectivity index (χ1) is 10.8. The van der Waals surface area contributed by atoms with E-state index in [2.05, 4.69) is 6.07 Å². The minimum atomic E-state index is -0.986. The summed E-state index contributed by atoms with van der Waals surface area (Å²) in [6, 6.07) is 9.50. The van der Waals surface area contributed by atoms with Gasteiger partial charge in [0.2, 0.25) is 0 Å². The van der Waals surface area contributed by atoms with Crippen LogP contribution in [-0.4, -0.2) is 17.2 Å². The lowest BCUT2D eigenvalue weighted by Gasteiger charge is -2.18. The first-order valence-corrected chi connectivity index (χ1v) is 7.88. The molecule has 0 fully saturated rings. The van der Waals surface area contributed by atoms with Gasteiger partial charge in [-0.05, 0) is 67.6 Å². The van der Waals surface area contributed by atoms with Gasteiger partial charge in [-0.25, -0.2) is 4.79 Å². The minimum absolute atomic E-state index is 0.266. The zero-order chi connectivity index (χ0) is 17.1. The Hall–Kier alpha value is -2.00. The Morgan fingerprint density at radius 1 is 1.13 bits per heavy atom. The van der Waals surface area contributed by atoms with Crippen LogP contribution in [0, 0.1) is 27.7 Å². The quantitative estimate of drug-likeness (QED) is 0.867. The van der Waals surface area contributed by atoms with Crippen molar-refractivity contribution in [2.24, 2.45) is 0 Å². The van der Waals surface area contributed by atoms with Crippen molar-refractivity contribution in [3.8, 4) is 5.75 Å². The van der Waals surface area contributed by atoms with Gasteiger partial charge in [-0.3, -0.25) is 0 Å². The van der Waals surface area contributed by atoms with E-state index >= 15 is 0 Å². The summed E-state index contributed by atoms with van der Waals surface area (Å²) < 4.78 is 5.80. The lowest BCUT2D eigenvalue weighted by molar-refractivity contribution is -0.145. The molecular weight excluding hydrogens is 312 g/mol. The van der Waals surface area contributed by atoms with E-state index in [9.17, 15) is 9.90 Å². The van der Waals surface area contributed by atoms with Crippen LogP contribution in [0.15, 0.2) is 30.3 Å². The molecule has 0 radical (unpaired) electrons. The fourth-order valence-corrected chi connectivity index (χ4v) is 2.64. The van der Waals surface area contributed by atoms with Crippen LogP contribution in [0.5, 0.6) is 5.75 Å². The number of aliphatic carboxylic acids is 1. The summed E-state index contributed by atoms with van der Waals surface area (Å²) in [4.78, 5) is 11.6. The Bertz CT molecular complexity index is 738. The van der Waals surface area contributed by atoms with Gasteiger partial charge in [0.15, 0.2) is 6.10 Å². The van der Waals surface area contributed by atoms with Gasteiger partial charge in [-0.2, -0.15) is 0 Å². The molecule has 0 saturated heterocycles. The van der Waals surface area contributed by atoms with Crippen LogP contribution < -0.4 is 4.74 Å². The van der Waals surface area contributed by atoms with Crippen LogP contribution in [0.3, 0.4) is 0 Å². The third-order valence-electron chi connectivity index (χ3n) is 3.97. The third-order valence-corrected chi connectivity index (χ3v) is 4.37. The molecule has 2 aromatic rings. The van der Waals surface area contributed by atoms with E-state index in [1.807, 2.05) is 45.9 Å². The molecule has 23 heavy (non-hydrogen) atoms. The molecule has 3 nitrogen and oxygen atoms in total. The molecule has 2 rings (SSSR count). The van der Waals surface area contributed by atoms with E-state index in [4.69, 9.17) is 16.3 Å². The molecule has 122 valence electrons. The second-order valence-electron chi connectivity index (χ2n) is 5.94. The van der Waals surface area contributed by atoms with E-state index < -0.39 is 12.1 Å². The maximum Gasteiger partial charge on any atom is 0.345 e. The van der Waals surface area contributed by atoms with Crippen molar-refractivity contribution in [3.05, 3.63) is 63.2 Å². The molecule has 0 aliphatic rings. The number of rotatable bonds is 5. The highest BCUT2D eigenvalue weighted by Crippen LogP contribution is 2.26. The fraction of sp³-hybridized carbons (Fsp3) is 0.316. The lowest BCUT2D eigenvalue weighted by Crippen LogP contribution is -2.29. The normalized spacial score (nSPS) is 12.0. The van der Waals surface area contributed by atoms with Crippen molar-refractivity contribution < 1.29 is 14.6 Å². The molecule has 0 aliphatic heterocycles. The van der Waals surface area contributed by atoms with E-state index in [0.717, 1.165) is 27.8 Å². The highest BCUT2D eigenvalue weighted by molar-refractivity contribution is 6.31. The predicted molar refractivity (Wildman–Crippen MR) is 92.6 cm³/mol. The smallest absolute Gasteiger partial charge is 0.345 e. The maximum atomic E-state index is 11.6. The van der Waals surface area contributed by atoms with Crippen LogP contribution in [0.1, 0.15) is 27.8 Å². The molecule has 0 heterocycles. The number of ether oxygens (including phenoxy) is 1. The molecule has 1 atom stereocenters. The zero-order valence-electron chi connectivity index (χ0n) is 13.8. The van der Waals surface area contributed by atoms with Crippen molar-refractivity contribution in [1.29, 1.82) is 0 Å². The van der Waals surface area contributed by atoms with Crippen LogP contribution in [0.4, 0.5) is 0 Å². The number of carboxylic acids is 1. The number of carboxylic acid groups (broad SMARTS) is 1. The number of hydrogen-bond donors (Lipinski definition) is 1. The van der Waals surface area contributed by atoms with Crippen molar-refractivity contribution >= 4 is 17.6 Å². The van der Waals surface area contributed by atoms with Crippen molar-refractivity contribution in [2.45, 2.75) is 40.2 Å². The summed E-state index contributed by atoms with van der Waals surface area (Å²) in [6.07, 6.45) is -0.685. The summed E-state index contributed by atoms with van der Waals surface area (Å²) in [7, 11) is 0. The van der Waals surface area contributed by atoms with Gasteiger partial charge in [0.05, 0.1) is 0 Å². The standard InChI is InChI=1S/C19H21ClO3/c1-11-7-13(3)14(4)17(8-11)23-18(19(21)22)10-15-6-5-12(2)16(20)9-15/h5-9,18H,10H2,1-4H3,(H,21,22)/t18-/m1/s1. The monoisotopic (exact) mass is 332 g/mol. The topological polar surface area (TPSA) is 46.5 Å². The van der Waals surface area contributed by atoms with E-state index in [-0.39, 0.29) is 6.42 Å². The third kappa shape index (κ3) is 4.26. The van der Waals surface area contributed by atoms with Crippen molar-refractivity contribution in [3.63, 3.8) is 0 Å². The highest BCUT2D eigenvalue weighted by atomic mass is 35.5. The molecule has 0 unspecified atom stereocenters. The van der Waals surface area contributed by atoms with Crippen LogP contribution >= 0.6 is 11.6 Å². The average Bonchev–Trinajstić information content (AvgIpc) is 2.47. The van der Waals surface area contributed by atoms with Gasteiger partial charge in [-0.1, -0.05) is 29.8 Å².